The fourth-order valence-electron chi connectivity index (χ4n) is 1.43. The van der Waals surface area contributed by atoms with E-state index in [1.54, 1.807) is 0 Å². The Morgan fingerprint density at radius 2 is 2.09 bits per heavy atom. The highest BCUT2D eigenvalue weighted by molar-refractivity contribution is 7.80. The minimum Gasteiger partial charge on any atom is -0.302 e. The fourth-order valence-corrected chi connectivity index (χ4v) is 1.71. The molecule has 0 saturated carbocycles. The standard InChI is InChI=1S/C8H14N2S/c9-7-8-1-3-10(4-2-8)5-6-11/h8,11H,1-6H2. The SMILES string of the molecule is N#CC1CCN(CCS)CC1. The van der Waals surface area contributed by atoms with Crippen molar-refractivity contribution in [3.63, 3.8) is 0 Å². The second-order valence-corrected chi connectivity index (χ2v) is 3.42. The van der Waals surface area contributed by atoms with Gasteiger partial charge in [-0.2, -0.15) is 17.9 Å². The molecule has 0 aliphatic carbocycles. The Labute approximate surface area is 73.6 Å². The minimum absolute atomic E-state index is 0.311. The molecule has 0 amide bonds. The first-order valence-electron chi connectivity index (χ1n) is 4.09. The monoisotopic (exact) mass is 170 g/mol. The molecule has 0 aromatic rings. The van der Waals surface area contributed by atoms with E-state index in [0.29, 0.717) is 5.92 Å². The number of hydrogen-bond donors (Lipinski definition) is 1. The van der Waals surface area contributed by atoms with Gasteiger partial charge in [0, 0.05) is 18.2 Å². The average Bonchev–Trinajstić information content (AvgIpc) is 2.07. The van der Waals surface area contributed by atoms with E-state index < -0.39 is 0 Å². The van der Waals surface area contributed by atoms with Gasteiger partial charge in [0.25, 0.3) is 0 Å². The number of nitriles is 1. The van der Waals surface area contributed by atoms with Gasteiger partial charge in [-0.05, 0) is 25.9 Å². The van der Waals surface area contributed by atoms with E-state index in [9.17, 15) is 0 Å². The van der Waals surface area contributed by atoms with Crippen LogP contribution in [0, 0.1) is 17.2 Å². The third-order valence-electron chi connectivity index (χ3n) is 2.19. The first-order valence-corrected chi connectivity index (χ1v) is 4.73. The van der Waals surface area contributed by atoms with E-state index in [4.69, 9.17) is 5.26 Å². The second-order valence-electron chi connectivity index (χ2n) is 2.97. The summed E-state index contributed by atoms with van der Waals surface area (Å²) in [5.41, 5.74) is 0. The van der Waals surface area contributed by atoms with E-state index >= 15 is 0 Å². The predicted octanol–water partition coefficient (Wildman–Crippen LogP) is 1.15. The Morgan fingerprint density at radius 3 is 2.55 bits per heavy atom. The quantitative estimate of drug-likeness (QED) is 0.629. The van der Waals surface area contributed by atoms with Gasteiger partial charge in [0.1, 0.15) is 0 Å². The largest absolute Gasteiger partial charge is 0.302 e. The summed E-state index contributed by atoms with van der Waals surface area (Å²) in [6, 6.07) is 2.32. The zero-order chi connectivity index (χ0) is 8.10. The number of thiol groups is 1. The highest BCUT2D eigenvalue weighted by Gasteiger charge is 2.17. The van der Waals surface area contributed by atoms with Crippen LogP contribution in [0.4, 0.5) is 0 Å². The molecule has 1 fully saturated rings. The molecule has 1 aliphatic heterocycles. The van der Waals surface area contributed by atoms with Gasteiger partial charge >= 0.3 is 0 Å². The second kappa shape index (κ2) is 4.63. The number of rotatable bonds is 2. The molecule has 1 aliphatic rings. The fraction of sp³-hybridized carbons (Fsp3) is 0.875. The molecule has 0 atom stereocenters. The van der Waals surface area contributed by atoms with Gasteiger partial charge in [0.2, 0.25) is 0 Å². The molecule has 0 radical (unpaired) electrons. The first-order chi connectivity index (χ1) is 5.36. The van der Waals surface area contributed by atoms with Crippen molar-refractivity contribution in [2.24, 2.45) is 5.92 Å². The molecular weight excluding hydrogens is 156 g/mol. The highest BCUT2D eigenvalue weighted by atomic mass is 32.1. The lowest BCUT2D eigenvalue weighted by Gasteiger charge is -2.28. The molecule has 0 unspecified atom stereocenters. The Bertz CT molecular complexity index is 145. The van der Waals surface area contributed by atoms with E-state index in [0.717, 1.165) is 38.2 Å². The van der Waals surface area contributed by atoms with E-state index in [-0.39, 0.29) is 0 Å². The molecule has 0 N–H and O–H groups in total. The summed E-state index contributed by atoms with van der Waals surface area (Å²) in [5.74, 6) is 1.24. The normalized spacial score (nSPS) is 21.5. The number of nitrogens with zero attached hydrogens (tertiary/aromatic N) is 2. The number of piperidine rings is 1. The summed E-state index contributed by atoms with van der Waals surface area (Å²) >= 11 is 4.17. The van der Waals surface area contributed by atoms with Gasteiger partial charge in [-0.3, -0.25) is 0 Å². The molecule has 3 heteroatoms. The lowest BCUT2D eigenvalue weighted by Crippen LogP contribution is -2.34. The van der Waals surface area contributed by atoms with Crippen LogP contribution in [0.5, 0.6) is 0 Å². The Hall–Kier alpha value is -0.200. The van der Waals surface area contributed by atoms with E-state index in [2.05, 4.69) is 23.6 Å². The average molecular weight is 170 g/mol. The number of likely N-dealkylation sites (tertiary alicyclic amines) is 1. The minimum atomic E-state index is 0.311. The van der Waals surface area contributed by atoms with Crippen molar-refractivity contribution in [1.29, 1.82) is 5.26 Å². The first kappa shape index (κ1) is 8.89. The molecular formula is C8H14N2S. The summed E-state index contributed by atoms with van der Waals surface area (Å²) in [6.07, 6.45) is 2.09. The summed E-state index contributed by atoms with van der Waals surface area (Å²) in [6.45, 7) is 3.23. The Morgan fingerprint density at radius 1 is 1.45 bits per heavy atom. The third kappa shape index (κ3) is 2.72. The molecule has 2 nitrogen and oxygen atoms in total. The van der Waals surface area contributed by atoms with Gasteiger partial charge in [-0.1, -0.05) is 0 Å². The van der Waals surface area contributed by atoms with Gasteiger partial charge in [-0.15, -0.1) is 0 Å². The van der Waals surface area contributed by atoms with Crippen molar-refractivity contribution in [3.05, 3.63) is 0 Å². The van der Waals surface area contributed by atoms with Crippen molar-refractivity contribution in [2.45, 2.75) is 12.8 Å². The summed E-state index contributed by atoms with van der Waals surface area (Å²) in [4.78, 5) is 2.38. The molecule has 0 aromatic carbocycles. The maximum atomic E-state index is 8.62. The van der Waals surface area contributed by atoms with E-state index in [1.807, 2.05) is 0 Å². The van der Waals surface area contributed by atoms with Gasteiger partial charge < -0.3 is 4.90 Å². The molecule has 1 saturated heterocycles. The summed E-state index contributed by atoms with van der Waals surface area (Å²) < 4.78 is 0. The molecule has 1 rings (SSSR count). The van der Waals surface area contributed by atoms with Crippen molar-refractivity contribution in [3.8, 4) is 6.07 Å². The van der Waals surface area contributed by atoms with Crippen molar-refractivity contribution >= 4 is 12.6 Å². The molecule has 62 valence electrons. The van der Waals surface area contributed by atoms with Crippen LogP contribution < -0.4 is 0 Å². The van der Waals surface area contributed by atoms with Crippen LogP contribution in [-0.4, -0.2) is 30.3 Å². The van der Waals surface area contributed by atoms with E-state index in [1.165, 1.54) is 0 Å². The molecule has 0 bridgehead atoms. The van der Waals surface area contributed by atoms with Crippen LogP contribution in [-0.2, 0) is 0 Å². The van der Waals surface area contributed by atoms with Crippen molar-refractivity contribution in [1.82, 2.24) is 4.90 Å². The van der Waals surface area contributed by atoms with Crippen molar-refractivity contribution < 1.29 is 0 Å². The van der Waals surface area contributed by atoms with Gasteiger partial charge in [0.15, 0.2) is 0 Å². The smallest absolute Gasteiger partial charge is 0.0656 e. The lowest BCUT2D eigenvalue weighted by molar-refractivity contribution is 0.217. The van der Waals surface area contributed by atoms with Crippen LogP contribution >= 0.6 is 12.6 Å². The third-order valence-corrected chi connectivity index (χ3v) is 2.39. The van der Waals surface area contributed by atoms with Crippen LogP contribution in [0.2, 0.25) is 0 Å². The summed E-state index contributed by atoms with van der Waals surface area (Å²) in [5, 5.41) is 8.62. The lowest BCUT2D eigenvalue weighted by atomic mass is 9.99. The zero-order valence-electron chi connectivity index (χ0n) is 6.66. The van der Waals surface area contributed by atoms with Crippen LogP contribution in [0.3, 0.4) is 0 Å². The highest BCUT2D eigenvalue weighted by Crippen LogP contribution is 2.15. The van der Waals surface area contributed by atoms with Crippen LogP contribution in [0.15, 0.2) is 0 Å². The number of hydrogen-bond acceptors (Lipinski definition) is 3. The topological polar surface area (TPSA) is 27.0 Å². The van der Waals surface area contributed by atoms with Gasteiger partial charge in [-0.25, -0.2) is 0 Å². The molecule has 0 spiro atoms. The molecule has 1 heterocycles. The molecule has 11 heavy (non-hydrogen) atoms. The maximum Gasteiger partial charge on any atom is 0.0656 e. The predicted molar refractivity (Wildman–Crippen MR) is 48.6 cm³/mol. The Kier molecular flexibility index (Phi) is 3.74. The van der Waals surface area contributed by atoms with Crippen molar-refractivity contribution in [2.75, 3.05) is 25.4 Å². The van der Waals surface area contributed by atoms with Gasteiger partial charge in [0.05, 0.1) is 6.07 Å². The van der Waals surface area contributed by atoms with Crippen LogP contribution in [0.25, 0.3) is 0 Å². The Balaban J connectivity index is 2.20. The van der Waals surface area contributed by atoms with Crippen LogP contribution in [0.1, 0.15) is 12.8 Å². The summed E-state index contributed by atoms with van der Waals surface area (Å²) in [7, 11) is 0. The molecule has 0 aromatic heterocycles. The zero-order valence-corrected chi connectivity index (χ0v) is 7.56. The maximum absolute atomic E-state index is 8.62.